The molecule has 180 valence electrons. The van der Waals surface area contributed by atoms with Crippen molar-refractivity contribution in [2.75, 3.05) is 13.2 Å². The van der Waals surface area contributed by atoms with Crippen molar-refractivity contribution in [3.05, 3.63) is 95.4 Å². The number of aromatic nitrogens is 2. The summed E-state index contributed by atoms with van der Waals surface area (Å²) >= 11 is 0. The Bertz CT molecular complexity index is 1200. The molecular weight excluding hydrogens is 440 g/mol. The van der Waals surface area contributed by atoms with Crippen molar-refractivity contribution in [2.24, 2.45) is 0 Å². The van der Waals surface area contributed by atoms with Gasteiger partial charge in [0.25, 0.3) is 12.5 Å². The monoisotopic (exact) mass is 470 g/mol. The smallest absolute Gasteiger partial charge is 0.300 e. The lowest BCUT2D eigenvalue weighted by Gasteiger charge is -2.35. The number of carbonyl (C=O) groups excluding carboxylic acids is 1. The maximum absolute atomic E-state index is 11.5. The van der Waals surface area contributed by atoms with Gasteiger partial charge in [0.15, 0.2) is 0 Å². The first-order valence-electron chi connectivity index (χ1n) is 11.8. The minimum Gasteiger partial charge on any atom is -0.394 e. The minimum atomic E-state index is -0.708. The fraction of sp³-hybridized carbons (Fsp3) is 0.321. The molecule has 2 atom stereocenters. The lowest BCUT2D eigenvalue weighted by atomic mass is 9.75. The van der Waals surface area contributed by atoms with Crippen LogP contribution in [0.5, 0.6) is 0 Å². The third kappa shape index (κ3) is 5.86. The fourth-order valence-electron chi connectivity index (χ4n) is 4.48. The molecule has 1 aromatic heterocycles. The Labute approximate surface area is 205 Å². The second-order valence-electron chi connectivity index (χ2n) is 8.97. The van der Waals surface area contributed by atoms with E-state index in [1.54, 1.807) is 23.9 Å². The summed E-state index contributed by atoms with van der Waals surface area (Å²) in [4.78, 5) is 18.8. The van der Waals surface area contributed by atoms with E-state index in [9.17, 15) is 15.0 Å². The van der Waals surface area contributed by atoms with Crippen LogP contribution in [0.2, 0.25) is 0 Å². The number of imidazole rings is 1. The third-order valence-electron chi connectivity index (χ3n) is 6.48. The van der Waals surface area contributed by atoms with Crippen LogP contribution in [0.1, 0.15) is 54.8 Å². The SMILES string of the molecule is [C-]#[N+]CC(=O)NC1CC(c2ccc(-c3ccc(/C=C/[C@@H](CO)n4ccnc4[C@H](C)O)cc3)cc2)C1. The Balaban J connectivity index is 1.35. The van der Waals surface area contributed by atoms with Crippen molar-refractivity contribution < 1.29 is 15.0 Å². The molecule has 7 nitrogen and oxygen atoms in total. The summed E-state index contributed by atoms with van der Waals surface area (Å²) in [6, 6.07) is 16.7. The number of nitrogens with zero attached hydrogens (tertiary/aromatic N) is 3. The van der Waals surface area contributed by atoms with Crippen molar-refractivity contribution in [2.45, 2.75) is 43.9 Å². The van der Waals surface area contributed by atoms with Crippen LogP contribution in [0.15, 0.2) is 67.0 Å². The molecule has 1 aliphatic rings. The summed E-state index contributed by atoms with van der Waals surface area (Å²) in [7, 11) is 0. The molecule has 0 saturated heterocycles. The highest BCUT2D eigenvalue weighted by Crippen LogP contribution is 2.37. The molecule has 0 unspecified atom stereocenters. The zero-order valence-corrected chi connectivity index (χ0v) is 19.7. The maximum atomic E-state index is 11.5. The van der Waals surface area contributed by atoms with Gasteiger partial charge >= 0.3 is 0 Å². The molecule has 3 aromatic rings. The van der Waals surface area contributed by atoms with Gasteiger partial charge in [-0.2, -0.15) is 0 Å². The Morgan fingerprint density at radius 2 is 1.86 bits per heavy atom. The van der Waals surface area contributed by atoms with Crippen LogP contribution in [0.3, 0.4) is 0 Å². The van der Waals surface area contributed by atoms with E-state index >= 15 is 0 Å². The largest absolute Gasteiger partial charge is 0.394 e. The molecule has 0 radical (unpaired) electrons. The highest BCUT2D eigenvalue weighted by molar-refractivity contribution is 5.79. The Hall–Kier alpha value is -3.73. The Kier molecular flexibility index (Phi) is 7.76. The van der Waals surface area contributed by atoms with Gasteiger partial charge in [-0.15, -0.1) is 0 Å². The van der Waals surface area contributed by atoms with Gasteiger partial charge < -0.3 is 24.9 Å². The second-order valence-corrected chi connectivity index (χ2v) is 8.97. The van der Waals surface area contributed by atoms with E-state index in [0.717, 1.165) is 29.5 Å². The maximum Gasteiger partial charge on any atom is 0.300 e. The number of hydrogen-bond donors (Lipinski definition) is 3. The van der Waals surface area contributed by atoms with E-state index in [4.69, 9.17) is 6.57 Å². The molecule has 0 bridgehead atoms. The van der Waals surface area contributed by atoms with E-state index in [-0.39, 0.29) is 31.1 Å². The van der Waals surface area contributed by atoms with Crippen LogP contribution in [-0.2, 0) is 4.79 Å². The molecule has 1 saturated carbocycles. The van der Waals surface area contributed by atoms with Crippen molar-refractivity contribution in [3.8, 4) is 11.1 Å². The number of benzene rings is 2. The Morgan fingerprint density at radius 3 is 2.46 bits per heavy atom. The van der Waals surface area contributed by atoms with E-state index in [2.05, 4.69) is 51.5 Å². The number of rotatable bonds is 9. The molecule has 4 rings (SSSR count). The summed E-state index contributed by atoms with van der Waals surface area (Å²) in [5, 5.41) is 22.6. The third-order valence-corrected chi connectivity index (χ3v) is 6.48. The summed E-state index contributed by atoms with van der Waals surface area (Å²) in [5.74, 6) is 0.782. The van der Waals surface area contributed by atoms with E-state index in [0.29, 0.717) is 11.7 Å². The molecule has 1 aliphatic carbocycles. The van der Waals surface area contributed by atoms with Gasteiger partial charge in [-0.05, 0) is 47.9 Å². The standard InChI is InChI=1S/C28H30N4O3/c1-19(34)28-30-13-14-32(28)26(18-33)12-5-20-3-6-21(7-4-20)22-8-10-23(11-9-22)24-15-25(16-24)31-27(35)17-29-2/h3-14,19,24-26,33-34H,15-18H2,1H3,(H,31,35)/b12-5+/t19-,24?,25?,26-/m0/s1. The van der Waals surface area contributed by atoms with Gasteiger partial charge in [0.2, 0.25) is 0 Å². The van der Waals surface area contributed by atoms with Crippen LogP contribution >= 0.6 is 0 Å². The number of amides is 1. The molecule has 35 heavy (non-hydrogen) atoms. The van der Waals surface area contributed by atoms with Crippen LogP contribution < -0.4 is 5.32 Å². The molecule has 1 heterocycles. The number of aliphatic hydroxyl groups excluding tert-OH is 2. The van der Waals surface area contributed by atoms with Crippen LogP contribution in [-0.4, -0.2) is 44.9 Å². The van der Waals surface area contributed by atoms with Gasteiger partial charge in [0.1, 0.15) is 11.9 Å². The highest BCUT2D eigenvalue weighted by atomic mass is 16.3. The number of aliphatic hydroxyl groups is 2. The first kappa shape index (κ1) is 24.4. The lowest BCUT2D eigenvalue weighted by Crippen LogP contribution is -2.44. The molecule has 1 fully saturated rings. The molecule has 0 spiro atoms. The van der Waals surface area contributed by atoms with Crippen LogP contribution in [0.4, 0.5) is 0 Å². The van der Waals surface area contributed by atoms with E-state index < -0.39 is 6.10 Å². The van der Waals surface area contributed by atoms with E-state index in [1.165, 1.54) is 5.56 Å². The predicted molar refractivity (Wildman–Crippen MR) is 135 cm³/mol. The highest BCUT2D eigenvalue weighted by Gasteiger charge is 2.31. The summed E-state index contributed by atoms with van der Waals surface area (Å²) in [6.45, 7) is 8.23. The Morgan fingerprint density at radius 1 is 1.20 bits per heavy atom. The van der Waals surface area contributed by atoms with Gasteiger partial charge in [-0.25, -0.2) is 11.6 Å². The lowest BCUT2D eigenvalue weighted by molar-refractivity contribution is -0.120. The van der Waals surface area contributed by atoms with E-state index in [1.807, 2.05) is 24.3 Å². The van der Waals surface area contributed by atoms with Crippen LogP contribution in [0.25, 0.3) is 22.0 Å². The van der Waals surface area contributed by atoms with Gasteiger partial charge in [-0.1, -0.05) is 60.7 Å². The number of nitrogens with one attached hydrogen (secondary N) is 1. The normalized spacial score (nSPS) is 19.0. The van der Waals surface area contributed by atoms with Crippen molar-refractivity contribution in [1.29, 1.82) is 0 Å². The summed E-state index contributed by atoms with van der Waals surface area (Å²) in [6.07, 6.45) is 8.37. The second kappa shape index (κ2) is 11.1. The molecule has 7 heteroatoms. The van der Waals surface area contributed by atoms with Crippen LogP contribution in [0, 0.1) is 6.57 Å². The predicted octanol–water partition coefficient (Wildman–Crippen LogP) is 4.13. The zero-order chi connectivity index (χ0) is 24.8. The number of hydrogen-bond acceptors (Lipinski definition) is 4. The minimum absolute atomic E-state index is 0.0912. The molecular formula is C28H30N4O3. The zero-order valence-electron chi connectivity index (χ0n) is 19.7. The van der Waals surface area contributed by atoms with Gasteiger partial charge in [0.05, 0.1) is 12.6 Å². The van der Waals surface area contributed by atoms with Gasteiger partial charge in [0, 0.05) is 18.4 Å². The average Bonchev–Trinajstić information content (AvgIpc) is 3.33. The van der Waals surface area contributed by atoms with Crippen molar-refractivity contribution in [3.63, 3.8) is 0 Å². The van der Waals surface area contributed by atoms with Crippen molar-refractivity contribution in [1.82, 2.24) is 14.9 Å². The van der Waals surface area contributed by atoms with Gasteiger partial charge in [-0.3, -0.25) is 4.79 Å². The average molecular weight is 471 g/mol. The topological polar surface area (TPSA) is 91.7 Å². The summed E-state index contributed by atoms with van der Waals surface area (Å²) in [5.41, 5.74) is 4.55. The quantitative estimate of drug-likeness (QED) is 0.410. The molecule has 0 aliphatic heterocycles. The number of carbonyl (C=O) groups is 1. The van der Waals surface area contributed by atoms with Crippen molar-refractivity contribution >= 4 is 12.0 Å². The summed E-state index contributed by atoms with van der Waals surface area (Å²) < 4.78 is 1.78. The fourth-order valence-corrected chi connectivity index (χ4v) is 4.48. The first-order chi connectivity index (χ1) is 17.0. The molecule has 1 amide bonds. The first-order valence-corrected chi connectivity index (χ1v) is 11.8. The molecule has 2 aromatic carbocycles. The molecule has 3 N–H and O–H groups in total.